The Bertz CT molecular complexity index is 1110. The van der Waals surface area contributed by atoms with Gasteiger partial charge in [-0.2, -0.15) is 0 Å². The number of benzene rings is 2. The standard InChI is InChI=1S/C25H26ClFN2O3/c1-17(15-29(2)23(30)11-10-18-8-5-9-22(27)25(18)26)16-32-24(31)13-21-12-19-6-3-4-7-20(19)14-28-21/h3-9,12,14,17H,10-11,13,15-16H2,1-2H3/t17-/m0/s1. The number of amides is 1. The summed E-state index contributed by atoms with van der Waals surface area (Å²) >= 11 is 5.95. The second-order valence-corrected chi connectivity index (χ2v) is 8.35. The number of pyridine rings is 1. The Kier molecular flexibility index (Phi) is 8.17. The second kappa shape index (κ2) is 11.0. The minimum absolute atomic E-state index is 0.0322. The third kappa shape index (κ3) is 6.50. The van der Waals surface area contributed by atoms with E-state index in [1.54, 1.807) is 30.3 Å². The average Bonchev–Trinajstić information content (AvgIpc) is 2.78. The molecule has 168 valence electrons. The SMILES string of the molecule is C[C@H](COC(=O)Cc1cc2ccccc2cn1)CN(C)C(=O)CCc1cccc(F)c1Cl. The number of ether oxygens (including phenoxy) is 1. The predicted octanol–water partition coefficient (Wildman–Crippen LogP) is 4.84. The first-order chi connectivity index (χ1) is 15.3. The maximum Gasteiger partial charge on any atom is 0.311 e. The molecule has 0 spiro atoms. The number of carbonyl (C=O) groups is 2. The van der Waals surface area contributed by atoms with Crippen molar-refractivity contribution in [2.75, 3.05) is 20.2 Å². The molecule has 1 aromatic heterocycles. The Morgan fingerprint density at radius 3 is 2.69 bits per heavy atom. The van der Waals surface area contributed by atoms with Crippen molar-refractivity contribution in [1.82, 2.24) is 9.88 Å². The van der Waals surface area contributed by atoms with Crippen molar-refractivity contribution >= 4 is 34.2 Å². The summed E-state index contributed by atoms with van der Waals surface area (Å²) in [6.45, 7) is 2.56. The number of aromatic nitrogens is 1. The van der Waals surface area contributed by atoms with Crippen LogP contribution in [0.4, 0.5) is 4.39 Å². The fourth-order valence-corrected chi connectivity index (χ4v) is 3.68. The summed E-state index contributed by atoms with van der Waals surface area (Å²) in [5, 5.41) is 2.10. The molecule has 0 saturated heterocycles. The molecule has 0 aliphatic heterocycles. The van der Waals surface area contributed by atoms with E-state index in [9.17, 15) is 14.0 Å². The number of carbonyl (C=O) groups excluding carboxylic acids is 2. The maximum absolute atomic E-state index is 13.5. The number of esters is 1. The van der Waals surface area contributed by atoms with Crippen molar-refractivity contribution in [1.29, 1.82) is 0 Å². The van der Waals surface area contributed by atoms with Crippen LogP contribution in [0.2, 0.25) is 5.02 Å². The van der Waals surface area contributed by atoms with Crippen LogP contribution in [-0.2, 0) is 27.2 Å². The van der Waals surface area contributed by atoms with Gasteiger partial charge in [0.1, 0.15) is 5.82 Å². The highest BCUT2D eigenvalue weighted by Crippen LogP contribution is 2.21. The Hall–Kier alpha value is -2.99. The fourth-order valence-electron chi connectivity index (χ4n) is 3.46. The minimum atomic E-state index is -0.487. The summed E-state index contributed by atoms with van der Waals surface area (Å²) in [7, 11) is 1.70. The van der Waals surface area contributed by atoms with Crippen molar-refractivity contribution in [3.63, 3.8) is 0 Å². The summed E-state index contributed by atoms with van der Waals surface area (Å²) < 4.78 is 18.9. The number of halogens is 2. The highest BCUT2D eigenvalue weighted by atomic mass is 35.5. The van der Waals surface area contributed by atoms with E-state index >= 15 is 0 Å². The van der Waals surface area contributed by atoms with E-state index in [1.165, 1.54) is 6.07 Å². The lowest BCUT2D eigenvalue weighted by Crippen LogP contribution is -2.33. The predicted molar refractivity (Wildman–Crippen MR) is 123 cm³/mol. The molecule has 0 saturated carbocycles. The van der Waals surface area contributed by atoms with Gasteiger partial charge >= 0.3 is 5.97 Å². The van der Waals surface area contributed by atoms with Crippen molar-refractivity contribution < 1.29 is 18.7 Å². The Morgan fingerprint density at radius 2 is 1.91 bits per heavy atom. The van der Waals surface area contributed by atoms with E-state index in [0.717, 1.165) is 10.8 Å². The zero-order valence-electron chi connectivity index (χ0n) is 18.2. The van der Waals surface area contributed by atoms with Crippen LogP contribution in [0.25, 0.3) is 10.8 Å². The topological polar surface area (TPSA) is 59.5 Å². The monoisotopic (exact) mass is 456 g/mol. The van der Waals surface area contributed by atoms with Gasteiger partial charge in [0.15, 0.2) is 0 Å². The molecular weight excluding hydrogens is 431 g/mol. The quantitative estimate of drug-likeness (QED) is 0.432. The average molecular weight is 457 g/mol. The smallest absolute Gasteiger partial charge is 0.311 e. The largest absolute Gasteiger partial charge is 0.465 e. The van der Waals surface area contributed by atoms with E-state index in [2.05, 4.69) is 4.98 Å². The molecule has 0 aliphatic rings. The Balaban J connectivity index is 1.41. The van der Waals surface area contributed by atoms with Gasteiger partial charge in [0.2, 0.25) is 5.91 Å². The maximum atomic E-state index is 13.5. The molecular formula is C25H26ClFN2O3. The third-order valence-electron chi connectivity index (χ3n) is 5.19. The van der Waals surface area contributed by atoms with Crippen molar-refractivity contribution in [2.45, 2.75) is 26.2 Å². The summed E-state index contributed by atoms with van der Waals surface area (Å²) in [6, 6.07) is 14.3. The van der Waals surface area contributed by atoms with Crippen LogP contribution < -0.4 is 0 Å². The van der Waals surface area contributed by atoms with E-state index in [4.69, 9.17) is 16.3 Å². The van der Waals surface area contributed by atoms with E-state index in [-0.39, 0.29) is 42.3 Å². The van der Waals surface area contributed by atoms with Crippen LogP contribution in [0.15, 0.2) is 54.7 Å². The molecule has 7 heteroatoms. The van der Waals surface area contributed by atoms with Gasteiger partial charge in [0.25, 0.3) is 0 Å². The number of aryl methyl sites for hydroxylation is 1. The van der Waals surface area contributed by atoms with Gasteiger partial charge in [0.05, 0.1) is 23.7 Å². The zero-order valence-corrected chi connectivity index (χ0v) is 18.9. The highest BCUT2D eigenvalue weighted by Gasteiger charge is 2.16. The molecule has 1 amide bonds. The van der Waals surface area contributed by atoms with Crippen molar-refractivity contribution in [3.8, 4) is 0 Å². The highest BCUT2D eigenvalue weighted by molar-refractivity contribution is 6.31. The summed E-state index contributed by atoms with van der Waals surface area (Å²) in [5.41, 5.74) is 1.27. The number of hydrogen-bond donors (Lipinski definition) is 0. The molecule has 0 N–H and O–H groups in total. The summed E-state index contributed by atoms with van der Waals surface area (Å²) in [6.07, 6.45) is 2.43. The first-order valence-electron chi connectivity index (χ1n) is 10.5. The first kappa shape index (κ1) is 23.7. The lowest BCUT2D eigenvalue weighted by atomic mass is 10.1. The van der Waals surface area contributed by atoms with Gasteiger partial charge in [-0.3, -0.25) is 14.6 Å². The minimum Gasteiger partial charge on any atom is -0.465 e. The van der Waals surface area contributed by atoms with Gasteiger partial charge in [0, 0.05) is 37.5 Å². The molecule has 1 atom stereocenters. The van der Waals surface area contributed by atoms with Crippen LogP contribution >= 0.6 is 11.6 Å². The molecule has 0 fully saturated rings. The number of hydrogen-bond acceptors (Lipinski definition) is 4. The fraction of sp³-hybridized carbons (Fsp3) is 0.320. The van der Waals surface area contributed by atoms with Crippen LogP contribution in [0.1, 0.15) is 24.6 Å². The van der Waals surface area contributed by atoms with Crippen LogP contribution in [0.3, 0.4) is 0 Å². The van der Waals surface area contributed by atoms with Gasteiger partial charge in [-0.15, -0.1) is 0 Å². The van der Waals surface area contributed by atoms with Crippen molar-refractivity contribution in [2.24, 2.45) is 5.92 Å². The third-order valence-corrected chi connectivity index (χ3v) is 5.62. The van der Waals surface area contributed by atoms with Crippen molar-refractivity contribution in [3.05, 3.63) is 76.8 Å². The van der Waals surface area contributed by atoms with Crippen LogP contribution in [-0.4, -0.2) is 42.0 Å². The number of rotatable bonds is 9. The van der Waals surface area contributed by atoms with E-state index < -0.39 is 5.82 Å². The van der Waals surface area contributed by atoms with Gasteiger partial charge < -0.3 is 9.64 Å². The molecule has 3 rings (SSSR count). The molecule has 0 bridgehead atoms. The molecule has 0 unspecified atom stereocenters. The zero-order chi connectivity index (χ0) is 23.1. The summed E-state index contributed by atoms with van der Waals surface area (Å²) in [4.78, 5) is 30.5. The number of nitrogens with zero attached hydrogens (tertiary/aromatic N) is 2. The molecule has 32 heavy (non-hydrogen) atoms. The first-order valence-corrected chi connectivity index (χ1v) is 10.9. The van der Waals surface area contributed by atoms with Crippen LogP contribution in [0.5, 0.6) is 0 Å². The molecule has 0 radical (unpaired) electrons. The molecule has 0 aliphatic carbocycles. The van der Waals surface area contributed by atoms with Crippen LogP contribution in [0, 0.1) is 11.7 Å². The molecule has 3 aromatic rings. The van der Waals surface area contributed by atoms with E-state index in [1.807, 2.05) is 37.3 Å². The van der Waals surface area contributed by atoms with E-state index in [0.29, 0.717) is 24.2 Å². The van der Waals surface area contributed by atoms with Gasteiger partial charge in [-0.25, -0.2) is 4.39 Å². The lowest BCUT2D eigenvalue weighted by molar-refractivity contribution is -0.144. The molecule has 2 aromatic carbocycles. The molecule has 5 nitrogen and oxygen atoms in total. The normalized spacial score (nSPS) is 11.9. The summed E-state index contributed by atoms with van der Waals surface area (Å²) in [5.74, 6) is -0.951. The lowest BCUT2D eigenvalue weighted by Gasteiger charge is -2.21. The number of fused-ring (bicyclic) bond motifs is 1. The Morgan fingerprint density at radius 1 is 1.16 bits per heavy atom. The second-order valence-electron chi connectivity index (χ2n) is 7.97. The van der Waals surface area contributed by atoms with Gasteiger partial charge in [-0.1, -0.05) is 54.9 Å². The molecule has 1 heterocycles. The Labute approximate surface area is 192 Å². The van der Waals surface area contributed by atoms with Gasteiger partial charge in [-0.05, 0) is 29.5 Å².